The van der Waals surface area contributed by atoms with Crippen molar-refractivity contribution in [2.75, 3.05) is 31.1 Å². The van der Waals surface area contributed by atoms with Crippen LogP contribution in [0.5, 0.6) is 0 Å². The molecule has 33 heavy (non-hydrogen) atoms. The highest BCUT2D eigenvalue weighted by atomic mass is 28.3. The molecule has 4 heterocycles. The van der Waals surface area contributed by atoms with Crippen molar-refractivity contribution in [3.63, 3.8) is 0 Å². The maximum absolute atomic E-state index is 11.6. The van der Waals surface area contributed by atoms with Crippen molar-refractivity contribution < 1.29 is 18.9 Å². The number of carboxylic acids is 1. The van der Waals surface area contributed by atoms with Gasteiger partial charge in [0, 0.05) is 42.1 Å². The Kier molecular flexibility index (Phi) is 4.46. The second-order valence-corrected chi connectivity index (χ2v) is 14.4. The van der Waals surface area contributed by atoms with Gasteiger partial charge in [0.05, 0.1) is 12.7 Å². The van der Waals surface area contributed by atoms with E-state index in [9.17, 15) is 9.90 Å². The number of hydrogen-bond donors (Lipinski definition) is 0. The Bertz CT molecular complexity index is 1330. The third kappa shape index (κ3) is 2.96. The van der Waals surface area contributed by atoms with E-state index in [2.05, 4.69) is 59.0 Å². The summed E-state index contributed by atoms with van der Waals surface area (Å²) in [5.41, 5.74) is 7.54. The first kappa shape index (κ1) is 20.5. The van der Waals surface area contributed by atoms with Gasteiger partial charge in [0.15, 0.2) is 11.5 Å². The second kappa shape index (κ2) is 7.19. The topological polar surface area (TPSA) is 59.5 Å². The van der Waals surface area contributed by atoms with E-state index in [4.69, 9.17) is 4.42 Å². The largest absolute Gasteiger partial charge is 0.542 e. The van der Waals surface area contributed by atoms with Crippen LogP contribution < -0.4 is 15.2 Å². The van der Waals surface area contributed by atoms with E-state index in [1.807, 2.05) is 6.92 Å². The standard InChI is InChI=1S/C27H28N2O3Si/c1-17-22(16-32-26(17)27(30)31)25-20-8-6-18(28-10-4-11-28)14-23(20)33(2,3)24-15-19(7-9-21(24)25)29-12-5-13-29/h6-9,14-16H,4-5,10-13H2,1-3H3. The molecule has 5 nitrogen and oxygen atoms in total. The summed E-state index contributed by atoms with van der Waals surface area (Å²) in [5.74, 6) is -1.36. The van der Waals surface area contributed by atoms with Gasteiger partial charge in [-0.15, -0.1) is 0 Å². The average molecular weight is 457 g/mol. The molecule has 2 saturated heterocycles. The zero-order valence-corrected chi connectivity index (χ0v) is 20.4. The van der Waals surface area contributed by atoms with Gasteiger partial charge in [-0.3, -0.25) is 0 Å². The lowest BCUT2D eigenvalue weighted by Gasteiger charge is -2.40. The number of allylic oxidation sites excluding steroid dienone is 5. The molecule has 0 bridgehead atoms. The Morgan fingerprint density at radius 3 is 2.52 bits per heavy atom. The number of carbonyl (C=O) groups excluding carboxylic acids is 1. The molecule has 2 aromatic rings. The van der Waals surface area contributed by atoms with E-state index in [-0.39, 0.29) is 5.76 Å². The van der Waals surface area contributed by atoms with Crippen LogP contribution in [0.2, 0.25) is 13.1 Å². The van der Waals surface area contributed by atoms with Crippen LogP contribution in [0, 0.1) is 6.92 Å². The molecule has 168 valence electrons. The van der Waals surface area contributed by atoms with E-state index in [1.54, 1.807) is 6.26 Å². The van der Waals surface area contributed by atoms with Gasteiger partial charge in [0.1, 0.15) is 27.1 Å². The Labute approximate surface area is 195 Å². The van der Waals surface area contributed by atoms with Gasteiger partial charge in [-0.25, -0.2) is 4.58 Å². The van der Waals surface area contributed by atoms with Gasteiger partial charge in [0.25, 0.3) is 0 Å². The van der Waals surface area contributed by atoms with Gasteiger partial charge >= 0.3 is 0 Å². The van der Waals surface area contributed by atoms with Crippen LogP contribution in [0.1, 0.15) is 40.1 Å². The fourth-order valence-corrected chi connectivity index (χ4v) is 8.59. The quantitative estimate of drug-likeness (QED) is 0.526. The van der Waals surface area contributed by atoms with Crippen molar-refractivity contribution in [2.45, 2.75) is 32.9 Å². The predicted molar refractivity (Wildman–Crippen MR) is 131 cm³/mol. The molecule has 3 aliphatic heterocycles. The molecule has 1 aromatic carbocycles. The number of benzene rings is 1. The first-order chi connectivity index (χ1) is 15.9. The fraction of sp³-hybridized carbons (Fsp3) is 0.333. The molecule has 2 fully saturated rings. The average Bonchev–Trinajstić information content (AvgIpc) is 3.08. The van der Waals surface area contributed by atoms with Gasteiger partial charge < -0.3 is 19.2 Å². The van der Waals surface area contributed by atoms with Gasteiger partial charge in [-0.05, 0) is 58.6 Å². The number of hydrogen-bond acceptors (Lipinski definition) is 4. The van der Waals surface area contributed by atoms with Crippen molar-refractivity contribution in [1.82, 2.24) is 0 Å². The number of nitrogens with zero attached hydrogens (tertiary/aromatic N) is 2. The molecular formula is C27H28N2O3Si. The maximum atomic E-state index is 11.6. The van der Waals surface area contributed by atoms with Gasteiger partial charge in [0.2, 0.25) is 0 Å². The summed E-state index contributed by atoms with van der Waals surface area (Å²) >= 11 is 0. The second-order valence-electron chi connectivity index (χ2n) is 10.0. The van der Waals surface area contributed by atoms with E-state index in [1.165, 1.54) is 45.8 Å². The summed E-state index contributed by atoms with van der Waals surface area (Å²) in [6, 6.07) is 6.86. The lowest BCUT2D eigenvalue weighted by atomic mass is 9.88. The van der Waals surface area contributed by atoms with Crippen molar-refractivity contribution >= 4 is 36.2 Å². The van der Waals surface area contributed by atoms with Crippen molar-refractivity contribution in [1.29, 1.82) is 0 Å². The Morgan fingerprint density at radius 1 is 1.12 bits per heavy atom. The van der Waals surface area contributed by atoms with Crippen molar-refractivity contribution in [3.8, 4) is 0 Å². The van der Waals surface area contributed by atoms with E-state index < -0.39 is 14.0 Å². The Hall–Kier alpha value is -3.12. The molecule has 1 aliphatic carbocycles. The molecule has 0 radical (unpaired) electrons. The van der Waals surface area contributed by atoms with Crippen LogP contribution in [-0.4, -0.2) is 50.5 Å². The Morgan fingerprint density at radius 2 is 1.91 bits per heavy atom. The summed E-state index contributed by atoms with van der Waals surface area (Å²) < 4.78 is 7.92. The minimum Gasteiger partial charge on any atom is -0.542 e. The summed E-state index contributed by atoms with van der Waals surface area (Å²) in [7, 11) is -2.00. The fourth-order valence-electron chi connectivity index (χ4n) is 5.52. The normalized spacial score (nSPS) is 20.7. The molecule has 0 saturated carbocycles. The zero-order valence-electron chi connectivity index (χ0n) is 19.4. The minimum atomic E-state index is -2.00. The molecule has 0 unspecified atom stereocenters. The lowest BCUT2D eigenvalue weighted by Crippen LogP contribution is -2.50. The highest BCUT2D eigenvalue weighted by Gasteiger charge is 2.41. The molecule has 0 spiro atoms. The lowest BCUT2D eigenvalue weighted by molar-refractivity contribution is -0.582. The minimum absolute atomic E-state index is 0.0860. The zero-order chi connectivity index (χ0) is 22.9. The highest BCUT2D eigenvalue weighted by Crippen LogP contribution is 2.43. The van der Waals surface area contributed by atoms with Gasteiger partial charge in [-0.2, -0.15) is 0 Å². The highest BCUT2D eigenvalue weighted by molar-refractivity contribution is 6.98. The molecule has 6 heteroatoms. The van der Waals surface area contributed by atoms with Crippen LogP contribution in [0.3, 0.4) is 0 Å². The number of rotatable bonds is 3. The van der Waals surface area contributed by atoms with Crippen LogP contribution in [0.4, 0.5) is 5.69 Å². The summed E-state index contributed by atoms with van der Waals surface area (Å²) in [6.07, 6.45) is 10.9. The predicted octanol–water partition coefficient (Wildman–Crippen LogP) is 2.79. The molecule has 0 N–H and O–H groups in total. The number of aromatic carboxylic acids is 1. The maximum Gasteiger partial charge on any atom is 0.199 e. The van der Waals surface area contributed by atoms with Crippen LogP contribution in [-0.2, 0) is 0 Å². The monoisotopic (exact) mass is 456 g/mol. The molecule has 4 aliphatic rings. The van der Waals surface area contributed by atoms with E-state index in [0.29, 0.717) is 5.56 Å². The third-order valence-corrected chi connectivity index (χ3v) is 11.3. The smallest absolute Gasteiger partial charge is 0.199 e. The Balaban J connectivity index is 1.62. The first-order valence-electron chi connectivity index (χ1n) is 11.8. The molecule has 6 rings (SSSR count). The summed E-state index contributed by atoms with van der Waals surface area (Å²) in [6.45, 7) is 11.2. The molecule has 0 amide bonds. The molecule has 0 atom stereocenters. The van der Waals surface area contributed by atoms with Crippen LogP contribution >= 0.6 is 0 Å². The van der Waals surface area contributed by atoms with Crippen LogP contribution in [0.15, 0.2) is 57.9 Å². The summed E-state index contributed by atoms with van der Waals surface area (Å²) in [4.78, 5) is 14.1. The van der Waals surface area contributed by atoms with Crippen molar-refractivity contribution in [3.05, 3.63) is 75.9 Å². The first-order valence-corrected chi connectivity index (χ1v) is 14.8. The number of fused-ring (bicyclic) bond motifs is 2. The number of furan rings is 1. The van der Waals surface area contributed by atoms with E-state index in [0.717, 1.165) is 37.3 Å². The SMILES string of the molecule is Cc1c(C2=C3C=CC(=[N+]4CCC4)C=C3[Si](C)(C)c3cc(N4CCC4)ccc32)coc1C(=O)[O-]. The summed E-state index contributed by atoms with van der Waals surface area (Å²) in [5, 5.41) is 14.4. The number of anilines is 1. The molecular weight excluding hydrogens is 428 g/mol. The number of carbonyl (C=O) groups is 1. The van der Waals surface area contributed by atoms with Crippen molar-refractivity contribution in [2.24, 2.45) is 0 Å². The molecule has 1 aromatic heterocycles. The van der Waals surface area contributed by atoms with E-state index >= 15 is 0 Å². The number of carboxylic acid groups (broad SMARTS) is 1. The van der Waals surface area contributed by atoms with Gasteiger partial charge in [-0.1, -0.05) is 19.2 Å². The third-order valence-electron chi connectivity index (χ3n) is 7.83. The van der Waals surface area contributed by atoms with Crippen LogP contribution in [0.25, 0.3) is 5.57 Å².